The molecule has 1 aromatic rings. The lowest BCUT2D eigenvalue weighted by molar-refractivity contribution is -0.142. The van der Waals surface area contributed by atoms with Gasteiger partial charge in [-0.3, -0.25) is 29.0 Å². The molecule has 0 bridgehead atoms. The highest BCUT2D eigenvalue weighted by molar-refractivity contribution is 5.95. The molecule has 224 valence electrons. The lowest BCUT2D eigenvalue weighted by Crippen LogP contribution is -2.57. The van der Waals surface area contributed by atoms with Gasteiger partial charge in [-0.1, -0.05) is 44.2 Å². The second-order valence-electron chi connectivity index (χ2n) is 9.92. The van der Waals surface area contributed by atoms with E-state index in [4.69, 9.17) is 22.0 Å². The highest BCUT2D eigenvalue weighted by Crippen LogP contribution is 2.20. The van der Waals surface area contributed by atoms with Crippen molar-refractivity contribution in [3.63, 3.8) is 0 Å². The smallest absolute Gasteiger partial charge is 0.245 e. The lowest BCUT2D eigenvalue weighted by Gasteiger charge is -2.30. The number of nitrogens with zero attached hydrogens (tertiary/aromatic N) is 2. The van der Waals surface area contributed by atoms with Crippen molar-refractivity contribution in [2.24, 2.45) is 28.1 Å². The third-order valence-corrected chi connectivity index (χ3v) is 6.43. The van der Waals surface area contributed by atoms with Crippen molar-refractivity contribution in [1.82, 2.24) is 21.0 Å². The topological polar surface area (TPSA) is 224 Å². The molecular formula is C27H40N8O6. The zero-order chi connectivity index (χ0) is 30.4. The number of likely N-dealkylation sites (tertiary alicyclic amines) is 1. The molecule has 0 radical (unpaired) electrons. The summed E-state index contributed by atoms with van der Waals surface area (Å²) in [7, 11) is 0. The van der Waals surface area contributed by atoms with Crippen molar-refractivity contribution in [3.8, 4) is 0 Å². The van der Waals surface area contributed by atoms with Crippen molar-refractivity contribution in [2.75, 3.05) is 19.6 Å². The largest absolute Gasteiger partial charge is 0.370 e. The Morgan fingerprint density at radius 1 is 1.15 bits per heavy atom. The maximum atomic E-state index is 13.7. The summed E-state index contributed by atoms with van der Waals surface area (Å²) in [4.78, 5) is 73.7. The zero-order valence-corrected chi connectivity index (χ0v) is 23.4. The predicted octanol–water partition coefficient (Wildman–Crippen LogP) is -1.38. The first-order chi connectivity index (χ1) is 19.5. The van der Waals surface area contributed by atoms with Crippen LogP contribution in [0.5, 0.6) is 0 Å². The van der Waals surface area contributed by atoms with Crippen LogP contribution in [0.15, 0.2) is 40.9 Å². The fourth-order valence-corrected chi connectivity index (χ4v) is 4.36. The minimum absolute atomic E-state index is 0.104. The highest BCUT2D eigenvalue weighted by Gasteiger charge is 2.38. The van der Waals surface area contributed by atoms with Gasteiger partial charge in [0.2, 0.25) is 23.6 Å². The van der Waals surface area contributed by atoms with Crippen molar-refractivity contribution in [1.29, 1.82) is 0 Å². The summed E-state index contributed by atoms with van der Waals surface area (Å²) in [6.07, 6.45) is 1.42. The van der Waals surface area contributed by atoms with E-state index in [9.17, 15) is 24.0 Å². The third-order valence-electron chi connectivity index (χ3n) is 6.43. The molecule has 41 heavy (non-hydrogen) atoms. The molecule has 2 rings (SSSR count). The number of amides is 4. The Hall–Kier alpha value is -4.26. The molecule has 14 nitrogen and oxygen atoms in total. The quantitative estimate of drug-likeness (QED) is 0.0451. The number of aliphatic imine (C=N–C) groups is 1. The van der Waals surface area contributed by atoms with Crippen molar-refractivity contribution in [3.05, 3.63) is 41.5 Å². The van der Waals surface area contributed by atoms with E-state index in [1.807, 2.05) is 36.3 Å². The maximum absolute atomic E-state index is 13.7. The molecule has 14 heteroatoms. The molecule has 0 spiro atoms. The van der Waals surface area contributed by atoms with Crippen LogP contribution in [0.4, 0.5) is 0 Å². The van der Waals surface area contributed by atoms with E-state index in [0.717, 1.165) is 5.56 Å². The van der Waals surface area contributed by atoms with Crippen LogP contribution in [-0.4, -0.2) is 78.2 Å². The molecule has 0 aromatic heterocycles. The number of hydrogen-bond acceptors (Lipinski definition) is 8. The van der Waals surface area contributed by atoms with E-state index >= 15 is 0 Å². The molecule has 9 N–H and O–H groups in total. The second-order valence-corrected chi connectivity index (χ2v) is 9.92. The molecule has 0 aliphatic carbocycles. The molecule has 0 unspecified atom stereocenters. The molecule has 1 aliphatic heterocycles. The summed E-state index contributed by atoms with van der Waals surface area (Å²) in [6, 6.07) is 6.08. The molecule has 3 atom stereocenters. The van der Waals surface area contributed by atoms with Gasteiger partial charge in [0.25, 0.3) is 0 Å². The minimum Gasteiger partial charge on any atom is -0.370 e. The van der Waals surface area contributed by atoms with Gasteiger partial charge in [0.1, 0.15) is 24.1 Å². The summed E-state index contributed by atoms with van der Waals surface area (Å²) in [5, 5.41) is 5.15. The Morgan fingerprint density at radius 2 is 1.85 bits per heavy atom. The minimum atomic E-state index is -1.24. The SMILES string of the molecule is CC(C)C(=C=O)[C@H](NOCc1ccccc1)C(=O)N[C@@H](CCCN=C(N)N)C(=O)N1CCC[C@H]1C(=O)NCC(N)=O. The van der Waals surface area contributed by atoms with Gasteiger partial charge in [-0.05, 0) is 37.2 Å². The zero-order valence-electron chi connectivity index (χ0n) is 23.4. The molecule has 0 saturated carbocycles. The summed E-state index contributed by atoms with van der Waals surface area (Å²) in [5.41, 5.74) is 19.5. The predicted molar refractivity (Wildman–Crippen MR) is 151 cm³/mol. The fourth-order valence-electron chi connectivity index (χ4n) is 4.36. The Balaban J connectivity index is 2.24. The molecule has 1 aliphatic rings. The monoisotopic (exact) mass is 572 g/mol. The number of hydroxylamine groups is 1. The molecule has 1 fully saturated rings. The number of carbonyl (C=O) groups is 4. The van der Waals surface area contributed by atoms with Crippen LogP contribution < -0.4 is 33.3 Å². The van der Waals surface area contributed by atoms with Gasteiger partial charge in [-0.15, -0.1) is 0 Å². The number of rotatable bonds is 16. The van der Waals surface area contributed by atoms with Crippen LogP contribution in [0.25, 0.3) is 0 Å². The number of carbonyl (C=O) groups excluding carboxylic acids is 5. The molecular weight excluding hydrogens is 532 g/mol. The van der Waals surface area contributed by atoms with E-state index in [2.05, 4.69) is 21.1 Å². The van der Waals surface area contributed by atoms with Crippen molar-refractivity contribution in [2.45, 2.75) is 64.3 Å². The van der Waals surface area contributed by atoms with Gasteiger partial charge in [0, 0.05) is 18.7 Å². The standard InChI is InChI=1S/C27H40N8O6/c1-17(2)19(15-36)23(34-41-16-18-8-4-3-5-9-18)25(39)33-20(10-6-12-31-27(29)30)26(40)35-13-7-11-21(35)24(38)32-14-22(28)37/h3-5,8-9,17,20-21,23,34H,6-7,10-14,16H2,1-2H3,(H2,28,37)(H,32,38)(H,33,39)(H4,29,30,31)/t20-,21-,23-/m0/s1. The first kappa shape index (κ1) is 32.9. The van der Waals surface area contributed by atoms with E-state index in [1.54, 1.807) is 13.8 Å². The molecule has 1 aromatic carbocycles. The Kier molecular flexibility index (Phi) is 13.5. The fraction of sp³-hybridized carbons (Fsp3) is 0.519. The van der Waals surface area contributed by atoms with Gasteiger partial charge in [0.15, 0.2) is 5.96 Å². The van der Waals surface area contributed by atoms with Crippen LogP contribution in [0.3, 0.4) is 0 Å². The number of nitrogens with two attached hydrogens (primary N) is 3. The number of guanidine groups is 1. The Labute approximate surface area is 239 Å². The average Bonchev–Trinajstić information content (AvgIpc) is 3.43. The Bertz CT molecular complexity index is 1130. The van der Waals surface area contributed by atoms with E-state index in [0.29, 0.717) is 19.3 Å². The van der Waals surface area contributed by atoms with E-state index < -0.39 is 41.8 Å². The van der Waals surface area contributed by atoms with Crippen LogP contribution >= 0.6 is 0 Å². The third kappa shape index (κ3) is 10.7. The first-order valence-corrected chi connectivity index (χ1v) is 13.4. The number of hydrogen-bond donors (Lipinski definition) is 6. The van der Waals surface area contributed by atoms with E-state index in [1.165, 1.54) is 4.90 Å². The normalized spacial score (nSPS) is 15.9. The number of nitrogens with one attached hydrogen (secondary N) is 3. The van der Waals surface area contributed by atoms with Crippen molar-refractivity contribution < 1.29 is 28.8 Å². The highest BCUT2D eigenvalue weighted by atomic mass is 16.6. The van der Waals surface area contributed by atoms with Gasteiger partial charge >= 0.3 is 0 Å². The van der Waals surface area contributed by atoms with Gasteiger partial charge in [0.05, 0.1) is 13.2 Å². The summed E-state index contributed by atoms with van der Waals surface area (Å²) < 4.78 is 0. The Morgan fingerprint density at radius 3 is 2.46 bits per heavy atom. The molecule has 1 heterocycles. The number of primary amides is 1. The van der Waals surface area contributed by atoms with E-state index in [-0.39, 0.29) is 50.1 Å². The summed E-state index contributed by atoms with van der Waals surface area (Å²) >= 11 is 0. The number of benzene rings is 1. The lowest BCUT2D eigenvalue weighted by atomic mass is 9.96. The molecule has 1 saturated heterocycles. The average molecular weight is 573 g/mol. The van der Waals surface area contributed by atoms with Gasteiger partial charge in [-0.25, -0.2) is 4.79 Å². The van der Waals surface area contributed by atoms with Crippen LogP contribution in [0.1, 0.15) is 45.1 Å². The first-order valence-electron chi connectivity index (χ1n) is 13.4. The molecule has 4 amide bonds. The van der Waals surface area contributed by atoms with Crippen LogP contribution in [0, 0.1) is 5.92 Å². The van der Waals surface area contributed by atoms with Gasteiger partial charge < -0.3 is 32.7 Å². The maximum Gasteiger partial charge on any atom is 0.245 e. The summed E-state index contributed by atoms with van der Waals surface area (Å²) in [6.45, 7) is 3.71. The van der Waals surface area contributed by atoms with Gasteiger partial charge in [-0.2, -0.15) is 5.48 Å². The second kappa shape index (κ2) is 16.8. The summed E-state index contributed by atoms with van der Waals surface area (Å²) in [5.74, 6) is -1.04. The van der Waals surface area contributed by atoms with Crippen LogP contribution in [0.2, 0.25) is 0 Å². The van der Waals surface area contributed by atoms with Crippen LogP contribution in [-0.2, 0) is 35.4 Å². The van der Waals surface area contributed by atoms with Crippen molar-refractivity contribution >= 4 is 35.5 Å².